The summed E-state index contributed by atoms with van der Waals surface area (Å²) >= 11 is 0. The van der Waals surface area contributed by atoms with E-state index in [0.29, 0.717) is 5.92 Å². The minimum absolute atomic E-state index is 0.183. The lowest BCUT2D eigenvalue weighted by atomic mass is 9.99. The number of aromatic nitrogens is 2. The Morgan fingerprint density at radius 2 is 2.11 bits per heavy atom. The summed E-state index contributed by atoms with van der Waals surface area (Å²) in [7, 11) is 0. The Balaban J connectivity index is 2.48. The van der Waals surface area contributed by atoms with Crippen molar-refractivity contribution >= 4 is 0 Å². The van der Waals surface area contributed by atoms with Gasteiger partial charge >= 0.3 is 0 Å². The Bertz CT molecular complexity index is 416. The number of nitrogens with one attached hydrogen (secondary N) is 1. The van der Waals surface area contributed by atoms with Gasteiger partial charge in [0.15, 0.2) is 0 Å². The largest absolute Gasteiger partial charge is 0.326 e. The highest BCUT2D eigenvalue weighted by atomic mass is 15.2. The van der Waals surface area contributed by atoms with Gasteiger partial charge in [0, 0.05) is 37.2 Å². The summed E-state index contributed by atoms with van der Waals surface area (Å²) in [5.74, 6) is 1.94. The molecule has 0 aliphatic carbocycles. The molecule has 0 atom stereocenters. The van der Waals surface area contributed by atoms with Crippen molar-refractivity contribution in [3.63, 3.8) is 0 Å². The third-order valence-electron chi connectivity index (χ3n) is 4.02. The first kappa shape index (κ1) is 13.6. The van der Waals surface area contributed by atoms with Crippen molar-refractivity contribution in [1.29, 1.82) is 0 Å². The molecule has 0 saturated carbocycles. The van der Waals surface area contributed by atoms with Crippen LogP contribution >= 0.6 is 0 Å². The highest BCUT2D eigenvalue weighted by molar-refractivity contribution is 5.22. The van der Waals surface area contributed by atoms with Crippen molar-refractivity contribution < 1.29 is 0 Å². The number of nitrogens with zero attached hydrogens (tertiary/aromatic N) is 2. The van der Waals surface area contributed by atoms with Crippen LogP contribution in [0.4, 0.5) is 0 Å². The van der Waals surface area contributed by atoms with Gasteiger partial charge in [-0.2, -0.15) is 0 Å². The summed E-state index contributed by atoms with van der Waals surface area (Å²) < 4.78 is 2.53. The Hall–Kier alpha value is -0.830. The standard InChI is InChI=1S/C15H27N3/c1-6-15(4,5)18-13-7-8-16-10-12(13)17-14(18)9-11(2)3/h11,16H,6-10H2,1-5H3. The molecule has 3 heteroatoms. The molecule has 0 aromatic carbocycles. The molecule has 0 radical (unpaired) electrons. The number of imidazole rings is 1. The summed E-state index contributed by atoms with van der Waals surface area (Å²) in [6.07, 6.45) is 3.34. The Morgan fingerprint density at radius 1 is 1.39 bits per heavy atom. The van der Waals surface area contributed by atoms with Crippen molar-refractivity contribution in [2.75, 3.05) is 6.54 Å². The molecule has 1 aromatic heterocycles. The van der Waals surface area contributed by atoms with Gasteiger partial charge in [-0.1, -0.05) is 20.8 Å². The molecule has 3 nitrogen and oxygen atoms in total. The topological polar surface area (TPSA) is 29.9 Å². The maximum absolute atomic E-state index is 4.91. The van der Waals surface area contributed by atoms with Crippen molar-refractivity contribution in [2.24, 2.45) is 5.92 Å². The predicted molar refractivity (Wildman–Crippen MR) is 75.8 cm³/mol. The number of fused-ring (bicyclic) bond motifs is 1. The fourth-order valence-electron chi connectivity index (χ4n) is 2.74. The van der Waals surface area contributed by atoms with Crippen molar-refractivity contribution in [3.8, 4) is 0 Å². The van der Waals surface area contributed by atoms with E-state index < -0.39 is 0 Å². The molecule has 1 aromatic rings. The molecule has 0 spiro atoms. The summed E-state index contributed by atoms with van der Waals surface area (Å²) in [6.45, 7) is 13.5. The zero-order valence-corrected chi connectivity index (χ0v) is 12.5. The van der Waals surface area contributed by atoms with Gasteiger partial charge in [-0.3, -0.25) is 0 Å². The third kappa shape index (κ3) is 2.46. The van der Waals surface area contributed by atoms with Crippen LogP contribution in [0.1, 0.15) is 58.3 Å². The van der Waals surface area contributed by atoms with E-state index in [1.807, 2.05) is 0 Å². The van der Waals surface area contributed by atoms with Gasteiger partial charge in [-0.05, 0) is 26.2 Å². The second kappa shape index (κ2) is 5.04. The first-order valence-corrected chi connectivity index (χ1v) is 7.26. The molecule has 18 heavy (non-hydrogen) atoms. The lowest BCUT2D eigenvalue weighted by molar-refractivity contribution is 0.315. The maximum Gasteiger partial charge on any atom is 0.110 e. The Morgan fingerprint density at radius 3 is 2.72 bits per heavy atom. The average molecular weight is 249 g/mol. The van der Waals surface area contributed by atoms with Crippen molar-refractivity contribution in [3.05, 3.63) is 17.2 Å². The highest BCUT2D eigenvalue weighted by Gasteiger charge is 2.28. The van der Waals surface area contributed by atoms with Crippen LogP contribution < -0.4 is 5.32 Å². The summed E-state index contributed by atoms with van der Waals surface area (Å²) in [6, 6.07) is 0. The lowest BCUT2D eigenvalue weighted by Crippen LogP contribution is -2.32. The predicted octanol–water partition coefficient (Wildman–Crippen LogP) is 2.87. The van der Waals surface area contributed by atoms with Gasteiger partial charge in [-0.15, -0.1) is 0 Å². The van der Waals surface area contributed by atoms with E-state index in [2.05, 4.69) is 44.5 Å². The van der Waals surface area contributed by atoms with Crippen LogP contribution in [-0.4, -0.2) is 16.1 Å². The van der Waals surface area contributed by atoms with Gasteiger partial charge < -0.3 is 9.88 Å². The molecule has 102 valence electrons. The number of rotatable bonds is 4. The normalized spacial score (nSPS) is 16.1. The number of hydrogen-bond donors (Lipinski definition) is 1. The second-order valence-corrected chi connectivity index (χ2v) is 6.45. The van der Waals surface area contributed by atoms with E-state index >= 15 is 0 Å². The van der Waals surface area contributed by atoms with Crippen molar-refractivity contribution in [1.82, 2.24) is 14.9 Å². The molecule has 0 amide bonds. The highest BCUT2D eigenvalue weighted by Crippen LogP contribution is 2.28. The fraction of sp³-hybridized carbons (Fsp3) is 0.800. The molecular formula is C15H27N3. The minimum atomic E-state index is 0.183. The van der Waals surface area contributed by atoms with Crippen LogP contribution in [0.5, 0.6) is 0 Å². The van der Waals surface area contributed by atoms with Crippen LogP contribution in [0.2, 0.25) is 0 Å². The lowest BCUT2D eigenvalue weighted by Gasteiger charge is -2.31. The molecule has 1 aliphatic rings. The zero-order chi connectivity index (χ0) is 13.3. The van der Waals surface area contributed by atoms with Gasteiger partial charge in [-0.25, -0.2) is 4.98 Å². The second-order valence-electron chi connectivity index (χ2n) is 6.45. The Labute approximate surface area is 111 Å². The summed E-state index contributed by atoms with van der Waals surface area (Å²) in [4.78, 5) is 4.91. The molecule has 0 unspecified atom stereocenters. The first-order chi connectivity index (χ1) is 8.45. The van der Waals surface area contributed by atoms with Crippen LogP contribution in [-0.2, 0) is 24.9 Å². The zero-order valence-electron chi connectivity index (χ0n) is 12.5. The number of hydrogen-bond acceptors (Lipinski definition) is 2. The minimum Gasteiger partial charge on any atom is -0.326 e. The summed E-state index contributed by atoms with van der Waals surface area (Å²) in [5.41, 5.74) is 2.93. The maximum atomic E-state index is 4.91. The molecule has 2 rings (SSSR count). The third-order valence-corrected chi connectivity index (χ3v) is 4.02. The Kier molecular flexibility index (Phi) is 3.81. The van der Waals surface area contributed by atoms with Crippen molar-refractivity contribution in [2.45, 2.75) is 66.0 Å². The van der Waals surface area contributed by atoms with E-state index in [1.54, 1.807) is 0 Å². The van der Waals surface area contributed by atoms with Crippen LogP contribution in [0.25, 0.3) is 0 Å². The smallest absolute Gasteiger partial charge is 0.110 e. The molecular weight excluding hydrogens is 222 g/mol. The van der Waals surface area contributed by atoms with Crippen LogP contribution in [0, 0.1) is 5.92 Å². The van der Waals surface area contributed by atoms with Gasteiger partial charge in [0.25, 0.3) is 0 Å². The van der Waals surface area contributed by atoms with E-state index in [-0.39, 0.29) is 5.54 Å². The molecule has 2 heterocycles. The fourth-order valence-corrected chi connectivity index (χ4v) is 2.74. The monoisotopic (exact) mass is 249 g/mol. The molecule has 0 saturated heterocycles. The molecule has 1 aliphatic heterocycles. The van der Waals surface area contributed by atoms with Crippen LogP contribution in [0.15, 0.2) is 0 Å². The van der Waals surface area contributed by atoms with Crippen LogP contribution in [0.3, 0.4) is 0 Å². The molecule has 1 N–H and O–H groups in total. The average Bonchev–Trinajstić information content (AvgIpc) is 2.66. The van der Waals surface area contributed by atoms with E-state index in [9.17, 15) is 0 Å². The summed E-state index contributed by atoms with van der Waals surface area (Å²) in [5, 5.41) is 3.43. The van der Waals surface area contributed by atoms with E-state index in [0.717, 1.165) is 32.4 Å². The van der Waals surface area contributed by atoms with Gasteiger partial charge in [0.1, 0.15) is 5.82 Å². The van der Waals surface area contributed by atoms with E-state index in [4.69, 9.17) is 4.98 Å². The quantitative estimate of drug-likeness (QED) is 0.889. The van der Waals surface area contributed by atoms with Gasteiger partial charge in [0.05, 0.1) is 5.69 Å². The molecule has 0 fully saturated rings. The van der Waals surface area contributed by atoms with Gasteiger partial charge in [0.2, 0.25) is 0 Å². The molecule has 0 bridgehead atoms. The van der Waals surface area contributed by atoms with E-state index in [1.165, 1.54) is 17.2 Å². The first-order valence-electron chi connectivity index (χ1n) is 7.26. The SMILES string of the molecule is CCC(C)(C)n1c(CC(C)C)nc2c1CCNC2.